The number of unbranched alkanes of at least 4 members (excludes halogenated alkanes) is 2. The third-order valence-electron chi connectivity index (χ3n) is 5.73. The highest BCUT2D eigenvalue weighted by molar-refractivity contribution is 5.88. The van der Waals surface area contributed by atoms with E-state index < -0.39 is 0 Å². The van der Waals surface area contributed by atoms with Crippen molar-refractivity contribution >= 4 is 16.7 Å². The van der Waals surface area contributed by atoms with Crippen LogP contribution in [0.3, 0.4) is 0 Å². The number of nitrogens with one attached hydrogen (secondary N) is 2. The number of hydrogen-bond donors (Lipinski definition) is 2. The molecule has 3 rings (SSSR count). The van der Waals surface area contributed by atoms with Crippen LogP contribution in [0.15, 0.2) is 54.1 Å². The van der Waals surface area contributed by atoms with E-state index >= 15 is 0 Å². The third kappa shape index (κ3) is 9.43. The number of hydroxylamine groups is 1. The van der Waals surface area contributed by atoms with Gasteiger partial charge in [0.25, 0.3) is 0 Å². The summed E-state index contributed by atoms with van der Waals surface area (Å²) < 4.78 is 16.8. The number of carbonyl (C=O) groups excluding carboxylic acids is 1. The number of rotatable bonds is 15. The van der Waals surface area contributed by atoms with E-state index in [4.69, 9.17) is 19.0 Å². The lowest BCUT2D eigenvalue weighted by atomic mass is 10.1. The van der Waals surface area contributed by atoms with Crippen LogP contribution >= 0.6 is 0 Å². The van der Waals surface area contributed by atoms with Crippen molar-refractivity contribution in [1.82, 2.24) is 10.8 Å². The fourth-order valence-electron chi connectivity index (χ4n) is 3.82. The molecule has 1 aliphatic heterocycles. The molecule has 1 amide bonds. The SMILES string of the molecule is COCCNCC(=CCCCCC(=O)NOC1CCCCO1)COc1cccc2ccccc12. The number of methoxy groups -OCH3 is 1. The number of ether oxygens (including phenoxy) is 3. The normalized spacial score (nSPS) is 16.5. The summed E-state index contributed by atoms with van der Waals surface area (Å²) in [5, 5.41) is 5.68. The van der Waals surface area contributed by atoms with Crippen molar-refractivity contribution in [3.8, 4) is 5.75 Å². The maximum Gasteiger partial charge on any atom is 0.243 e. The second-order valence-electron chi connectivity index (χ2n) is 8.48. The summed E-state index contributed by atoms with van der Waals surface area (Å²) in [5.41, 5.74) is 3.71. The summed E-state index contributed by atoms with van der Waals surface area (Å²) in [5.74, 6) is 0.790. The summed E-state index contributed by atoms with van der Waals surface area (Å²) in [6.07, 6.45) is 7.90. The highest BCUT2D eigenvalue weighted by Crippen LogP contribution is 2.25. The van der Waals surface area contributed by atoms with Gasteiger partial charge < -0.3 is 19.5 Å². The monoisotopic (exact) mass is 470 g/mol. The molecule has 2 N–H and O–H groups in total. The molecule has 1 unspecified atom stereocenters. The van der Waals surface area contributed by atoms with Crippen molar-refractivity contribution in [3.63, 3.8) is 0 Å². The molecule has 186 valence electrons. The van der Waals surface area contributed by atoms with E-state index in [0.29, 0.717) is 26.2 Å². The van der Waals surface area contributed by atoms with Crippen LogP contribution in [0, 0.1) is 0 Å². The van der Waals surface area contributed by atoms with Crippen LogP contribution in [0.4, 0.5) is 0 Å². The Bertz CT molecular complexity index is 890. The van der Waals surface area contributed by atoms with Crippen LogP contribution in [0.2, 0.25) is 0 Å². The zero-order valence-electron chi connectivity index (χ0n) is 20.2. The van der Waals surface area contributed by atoms with Gasteiger partial charge in [-0.2, -0.15) is 0 Å². The van der Waals surface area contributed by atoms with Gasteiger partial charge in [0.2, 0.25) is 5.91 Å². The smallest absolute Gasteiger partial charge is 0.243 e. The number of benzene rings is 2. The molecule has 7 heteroatoms. The summed E-state index contributed by atoms with van der Waals surface area (Å²) in [4.78, 5) is 17.3. The summed E-state index contributed by atoms with van der Waals surface area (Å²) >= 11 is 0. The minimum Gasteiger partial charge on any atom is -0.489 e. The average Bonchev–Trinajstić information content (AvgIpc) is 2.88. The highest BCUT2D eigenvalue weighted by Gasteiger charge is 2.15. The topological polar surface area (TPSA) is 78.1 Å². The molecule has 0 bridgehead atoms. The molecule has 1 aliphatic rings. The molecule has 34 heavy (non-hydrogen) atoms. The minimum atomic E-state index is -0.310. The second-order valence-corrected chi connectivity index (χ2v) is 8.48. The maximum atomic E-state index is 12.0. The van der Waals surface area contributed by atoms with Crippen molar-refractivity contribution in [2.75, 3.05) is 40.0 Å². The molecule has 2 aromatic carbocycles. The van der Waals surface area contributed by atoms with Crippen molar-refractivity contribution in [3.05, 3.63) is 54.1 Å². The molecule has 0 aliphatic carbocycles. The first-order valence-electron chi connectivity index (χ1n) is 12.3. The van der Waals surface area contributed by atoms with E-state index in [9.17, 15) is 4.79 Å². The van der Waals surface area contributed by atoms with Gasteiger partial charge >= 0.3 is 0 Å². The first-order valence-corrected chi connectivity index (χ1v) is 12.3. The quantitative estimate of drug-likeness (QED) is 0.226. The lowest BCUT2D eigenvalue weighted by Crippen LogP contribution is -2.32. The molecule has 2 aromatic rings. The van der Waals surface area contributed by atoms with Crippen LogP contribution < -0.4 is 15.5 Å². The van der Waals surface area contributed by atoms with Crippen LogP contribution in [-0.2, 0) is 19.1 Å². The molecular weight excluding hydrogens is 432 g/mol. The number of fused-ring (bicyclic) bond motifs is 1. The Morgan fingerprint density at radius 3 is 2.88 bits per heavy atom. The Hall–Kier alpha value is -2.45. The zero-order valence-corrected chi connectivity index (χ0v) is 20.2. The highest BCUT2D eigenvalue weighted by atomic mass is 16.8. The van der Waals surface area contributed by atoms with E-state index in [1.54, 1.807) is 7.11 Å². The predicted octanol–water partition coefficient (Wildman–Crippen LogP) is 4.52. The zero-order chi connectivity index (χ0) is 23.8. The van der Waals surface area contributed by atoms with Crippen LogP contribution in [0.1, 0.15) is 44.9 Å². The van der Waals surface area contributed by atoms with Gasteiger partial charge in [-0.05, 0) is 49.1 Å². The van der Waals surface area contributed by atoms with E-state index in [1.165, 1.54) is 11.0 Å². The lowest BCUT2D eigenvalue weighted by molar-refractivity contribution is -0.200. The molecule has 7 nitrogen and oxygen atoms in total. The Kier molecular flexibility index (Phi) is 11.9. The van der Waals surface area contributed by atoms with Crippen LogP contribution in [0.25, 0.3) is 10.8 Å². The van der Waals surface area contributed by atoms with E-state index in [1.807, 2.05) is 24.3 Å². The van der Waals surface area contributed by atoms with Crippen molar-refractivity contribution in [1.29, 1.82) is 0 Å². The van der Waals surface area contributed by atoms with E-state index in [-0.39, 0.29) is 12.2 Å². The molecule has 1 fully saturated rings. The Balaban J connectivity index is 1.42. The van der Waals surface area contributed by atoms with Gasteiger partial charge in [0, 0.05) is 45.0 Å². The summed E-state index contributed by atoms with van der Waals surface area (Å²) in [6.45, 7) is 3.40. The van der Waals surface area contributed by atoms with E-state index in [2.05, 4.69) is 35.1 Å². The molecule has 0 radical (unpaired) electrons. The Morgan fingerprint density at radius 1 is 1.15 bits per heavy atom. The fraction of sp³-hybridized carbons (Fsp3) is 0.519. The number of carbonyl (C=O) groups is 1. The Morgan fingerprint density at radius 2 is 2.03 bits per heavy atom. The van der Waals surface area contributed by atoms with Gasteiger partial charge in [-0.3, -0.25) is 4.79 Å². The molecular formula is C27H38N2O5. The molecule has 1 saturated heterocycles. The predicted molar refractivity (Wildman–Crippen MR) is 134 cm³/mol. The first-order chi connectivity index (χ1) is 16.8. The van der Waals surface area contributed by atoms with E-state index in [0.717, 1.165) is 62.8 Å². The van der Waals surface area contributed by atoms with Gasteiger partial charge in [-0.15, -0.1) is 0 Å². The molecule has 0 aromatic heterocycles. The standard InChI is InChI=1S/C27H38N2O5/c1-31-19-17-28-20-22(21-33-25-14-9-12-23-11-5-6-13-24(23)25)10-3-2-4-15-26(30)29-34-27-16-7-8-18-32-27/h5-6,9-14,27-28H,2-4,7-8,15-21H2,1H3,(H,29,30). The molecule has 1 heterocycles. The van der Waals surface area contributed by atoms with Gasteiger partial charge in [0.1, 0.15) is 12.4 Å². The minimum absolute atomic E-state index is 0.0982. The average molecular weight is 471 g/mol. The number of allylic oxidation sites excluding steroid dienone is 1. The number of amides is 1. The Labute approximate surface area is 202 Å². The second kappa shape index (κ2) is 15.5. The van der Waals surface area contributed by atoms with Gasteiger partial charge in [0.15, 0.2) is 6.29 Å². The van der Waals surface area contributed by atoms with Crippen molar-refractivity contribution < 1.29 is 23.8 Å². The van der Waals surface area contributed by atoms with Gasteiger partial charge in [-0.1, -0.05) is 42.5 Å². The molecule has 0 saturated carbocycles. The van der Waals surface area contributed by atoms with Crippen molar-refractivity contribution in [2.45, 2.75) is 51.2 Å². The first kappa shape index (κ1) is 26.2. The van der Waals surface area contributed by atoms with Crippen molar-refractivity contribution in [2.24, 2.45) is 0 Å². The maximum absolute atomic E-state index is 12.0. The summed E-state index contributed by atoms with van der Waals surface area (Å²) in [6, 6.07) is 14.4. The largest absolute Gasteiger partial charge is 0.489 e. The van der Waals surface area contributed by atoms with Crippen LogP contribution in [0.5, 0.6) is 5.75 Å². The third-order valence-corrected chi connectivity index (χ3v) is 5.73. The molecule has 1 atom stereocenters. The molecule has 0 spiro atoms. The van der Waals surface area contributed by atoms with Gasteiger partial charge in [-0.25, -0.2) is 10.3 Å². The van der Waals surface area contributed by atoms with Crippen LogP contribution in [-0.4, -0.2) is 52.2 Å². The lowest BCUT2D eigenvalue weighted by Gasteiger charge is -2.22. The van der Waals surface area contributed by atoms with Gasteiger partial charge in [0.05, 0.1) is 6.61 Å². The summed E-state index contributed by atoms with van der Waals surface area (Å²) in [7, 11) is 1.70. The number of hydrogen-bond acceptors (Lipinski definition) is 6. The fourth-order valence-corrected chi connectivity index (χ4v) is 3.82.